The summed E-state index contributed by atoms with van der Waals surface area (Å²) in [6.07, 6.45) is 3.43. The minimum absolute atomic E-state index is 0. The van der Waals surface area contributed by atoms with Gasteiger partial charge in [-0.25, -0.2) is 4.98 Å². The van der Waals surface area contributed by atoms with Gasteiger partial charge in [0, 0.05) is 25.5 Å². The quantitative estimate of drug-likeness (QED) is 0.932. The molecule has 0 saturated heterocycles. The third-order valence-corrected chi connectivity index (χ3v) is 3.30. The van der Waals surface area contributed by atoms with Crippen LogP contribution in [0.5, 0.6) is 0 Å². The fourth-order valence-corrected chi connectivity index (χ4v) is 2.28. The molecule has 102 valence electrons. The van der Waals surface area contributed by atoms with E-state index in [-0.39, 0.29) is 30.7 Å². The summed E-state index contributed by atoms with van der Waals surface area (Å²) in [5, 5.41) is 4.89. The Morgan fingerprint density at radius 2 is 2.28 bits per heavy atom. The van der Waals surface area contributed by atoms with E-state index in [1.165, 1.54) is 11.3 Å². The van der Waals surface area contributed by atoms with Crippen LogP contribution in [0.15, 0.2) is 17.9 Å². The van der Waals surface area contributed by atoms with Gasteiger partial charge in [-0.2, -0.15) is 0 Å². The molecule has 8 heteroatoms. The minimum atomic E-state index is 0. The molecule has 1 amide bonds. The summed E-state index contributed by atoms with van der Waals surface area (Å²) in [5.41, 5.74) is 0.677. The summed E-state index contributed by atoms with van der Waals surface area (Å²) in [7, 11) is 3.68. The van der Waals surface area contributed by atoms with Crippen molar-refractivity contribution in [2.24, 2.45) is 0 Å². The highest BCUT2D eigenvalue weighted by atomic mass is 35.5. The van der Waals surface area contributed by atoms with Gasteiger partial charge in [-0.05, 0) is 7.05 Å². The van der Waals surface area contributed by atoms with Gasteiger partial charge < -0.3 is 10.2 Å². The normalized spacial score (nSPS) is 9.67. The number of halogens is 2. The first-order chi connectivity index (χ1) is 7.74. The molecular weight excluding hydrogens is 295 g/mol. The number of nitrogens with zero attached hydrogens (tertiary/aromatic N) is 3. The zero-order valence-corrected chi connectivity index (χ0v) is 12.6. The summed E-state index contributed by atoms with van der Waals surface area (Å²) >= 11 is 1.53. The van der Waals surface area contributed by atoms with Gasteiger partial charge in [0.25, 0.3) is 5.91 Å². The predicted octanol–water partition coefficient (Wildman–Crippen LogP) is 1.53. The molecule has 2 aromatic heterocycles. The van der Waals surface area contributed by atoms with Crippen LogP contribution < -0.4 is 5.32 Å². The zero-order chi connectivity index (χ0) is 11.5. The molecule has 0 saturated carbocycles. The van der Waals surface area contributed by atoms with E-state index in [4.69, 9.17) is 0 Å². The average molecular weight is 311 g/mol. The number of nitrogens with one attached hydrogen (secondary N) is 1. The number of imidazole rings is 1. The Hall–Kier alpha value is -0.820. The first-order valence-corrected chi connectivity index (χ1v) is 5.91. The third-order valence-electron chi connectivity index (χ3n) is 2.42. The molecule has 0 aromatic carbocycles. The molecule has 2 rings (SSSR count). The van der Waals surface area contributed by atoms with Gasteiger partial charge in [0.1, 0.15) is 16.9 Å². The van der Waals surface area contributed by atoms with Crippen molar-refractivity contribution in [1.29, 1.82) is 0 Å². The number of aromatic nitrogens is 2. The van der Waals surface area contributed by atoms with E-state index < -0.39 is 0 Å². The number of amides is 1. The van der Waals surface area contributed by atoms with Gasteiger partial charge in [0.05, 0.1) is 6.20 Å². The molecular formula is C10H16Cl2N4OS. The van der Waals surface area contributed by atoms with Crippen molar-refractivity contribution in [3.05, 3.63) is 23.6 Å². The van der Waals surface area contributed by atoms with Crippen LogP contribution in [0.1, 0.15) is 10.5 Å². The lowest BCUT2D eigenvalue weighted by Gasteiger charge is -2.15. The Morgan fingerprint density at radius 3 is 2.94 bits per heavy atom. The van der Waals surface area contributed by atoms with Crippen molar-refractivity contribution >= 4 is 46.9 Å². The van der Waals surface area contributed by atoms with Crippen molar-refractivity contribution in [3.8, 4) is 0 Å². The summed E-state index contributed by atoms with van der Waals surface area (Å²) in [4.78, 5) is 18.8. The van der Waals surface area contributed by atoms with Crippen LogP contribution in [-0.4, -0.2) is 47.4 Å². The van der Waals surface area contributed by atoms with Crippen molar-refractivity contribution in [2.45, 2.75) is 0 Å². The first-order valence-electron chi connectivity index (χ1n) is 5.03. The lowest BCUT2D eigenvalue weighted by atomic mass is 10.4. The molecule has 0 fully saturated rings. The van der Waals surface area contributed by atoms with E-state index in [1.807, 2.05) is 16.8 Å². The van der Waals surface area contributed by atoms with Crippen LogP contribution in [0, 0.1) is 0 Å². The minimum Gasteiger partial charge on any atom is -0.339 e. The summed E-state index contributed by atoms with van der Waals surface area (Å²) < 4.78 is 1.82. The molecule has 0 unspecified atom stereocenters. The van der Waals surface area contributed by atoms with Crippen LogP contribution in [0.4, 0.5) is 0 Å². The Morgan fingerprint density at radius 1 is 1.56 bits per heavy atom. The molecule has 5 nitrogen and oxygen atoms in total. The van der Waals surface area contributed by atoms with E-state index in [9.17, 15) is 4.79 Å². The maximum atomic E-state index is 12.1. The molecule has 0 bridgehead atoms. The van der Waals surface area contributed by atoms with Crippen molar-refractivity contribution < 1.29 is 4.79 Å². The van der Waals surface area contributed by atoms with Crippen molar-refractivity contribution in [1.82, 2.24) is 19.6 Å². The predicted molar refractivity (Wildman–Crippen MR) is 78.5 cm³/mol. The standard InChI is InChI=1S/C10H14N4OS.2ClH/c1-11-3-4-13(2)10(15)8-6-16-9-5-12-7-14(8)9;;/h5-7,11H,3-4H2,1-2H3;2*1H. The molecule has 1 N–H and O–H groups in total. The molecule has 0 aliphatic rings. The van der Waals surface area contributed by atoms with E-state index in [0.29, 0.717) is 12.2 Å². The maximum Gasteiger partial charge on any atom is 0.271 e. The van der Waals surface area contributed by atoms with Gasteiger partial charge in [-0.15, -0.1) is 36.2 Å². The monoisotopic (exact) mass is 310 g/mol. The number of carbonyl (C=O) groups excluding carboxylic acids is 1. The molecule has 2 heterocycles. The van der Waals surface area contributed by atoms with Crippen LogP contribution >= 0.6 is 36.2 Å². The molecule has 0 atom stereocenters. The summed E-state index contributed by atoms with van der Waals surface area (Å²) in [5.74, 6) is 0.0273. The second-order valence-corrected chi connectivity index (χ2v) is 4.44. The number of carbonyl (C=O) groups is 1. The number of hydrogen-bond donors (Lipinski definition) is 1. The second kappa shape index (κ2) is 7.58. The van der Waals surface area contributed by atoms with Gasteiger partial charge in [0.15, 0.2) is 0 Å². The highest BCUT2D eigenvalue weighted by Gasteiger charge is 2.15. The van der Waals surface area contributed by atoms with Crippen molar-refractivity contribution in [3.63, 3.8) is 0 Å². The Bertz CT molecular complexity index is 499. The highest BCUT2D eigenvalue weighted by Crippen LogP contribution is 2.16. The smallest absolute Gasteiger partial charge is 0.271 e. The maximum absolute atomic E-state index is 12.1. The third kappa shape index (κ3) is 3.35. The van der Waals surface area contributed by atoms with Gasteiger partial charge in [0.2, 0.25) is 0 Å². The van der Waals surface area contributed by atoms with Crippen LogP contribution in [-0.2, 0) is 0 Å². The van der Waals surface area contributed by atoms with Crippen LogP contribution in [0.2, 0.25) is 0 Å². The first kappa shape index (κ1) is 17.2. The van der Waals surface area contributed by atoms with Crippen LogP contribution in [0.3, 0.4) is 0 Å². The number of hydrogen-bond acceptors (Lipinski definition) is 4. The zero-order valence-electron chi connectivity index (χ0n) is 10.1. The second-order valence-electron chi connectivity index (χ2n) is 3.55. The molecule has 0 aliphatic heterocycles. The SMILES string of the molecule is CNCCN(C)C(=O)c1csc2cncn12.Cl.Cl. The molecule has 2 aromatic rings. The fourth-order valence-electron chi connectivity index (χ4n) is 1.45. The Labute approximate surface area is 122 Å². The Balaban J connectivity index is 0.00000144. The largest absolute Gasteiger partial charge is 0.339 e. The highest BCUT2D eigenvalue weighted by molar-refractivity contribution is 7.15. The molecule has 0 spiro atoms. The topological polar surface area (TPSA) is 49.6 Å². The van der Waals surface area contributed by atoms with Gasteiger partial charge in [-0.3, -0.25) is 9.20 Å². The summed E-state index contributed by atoms with van der Waals surface area (Å²) in [6.45, 7) is 1.49. The Kier molecular flexibility index (Phi) is 7.23. The molecule has 0 aliphatic carbocycles. The molecule has 0 radical (unpaired) electrons. The molecule has 18 heavy (non-hydrogen) atoms. The van der Waals surface area contributed by atoms with E-state index in [1.54, 1.807) is 24.5 Å². The summed E-state index contributed by atoms with van der Waals surface area (Å²) in [6, 6.07) is 0. The van der Waals surface area contributed by atoms with E-state index >= 15 is 0 Å². The van der Waals surface area contributed by atoms with Gasteiger partial charge in [-0.1, -0.05) is 0 Å². The number of thiazole rings is 1. The van der Waals surface area contributed by atoms with Crippen LogP contribution in [0.25, 0.3) is 4.83 Å². The number of rotatable bonds is 4. The average Bonchev–Trinajstić information content (AvgIpc) is 2.86. The van der Waals surface area contributed by atoms with E-state index in [0.717, 1.165) is 11.4 Å². The van der Waals surface area contributed by atoms with E-state index in [2.05, 4.69) is 10.3 Å². The van der Waals surface area contributed by atoms with Gasteiger partial charge >= 0.3 is 0 Å². The van der Waals surface area contributed by atoms with Crippen molar-refractivity contribution in [2.75, 3.05) is 27.2 Å². The number of fused-ring (bicyclic) bond motifs is 1. The lowest BCUT2D eigenvalue weighted by molar-refractivity contribution is 0.0790. The fraction of sp³-hybridized carbons (Fsp3) is 0.400. The number of likely N-dealkylation sites (N-methyl/N-ethyl adjacent to an activating group) is 2. The lowest BCUT2D eigenvalue weighted by Crippen LogP contribution is -2.33.